The van der Waals surface area contributed by atoms with Gasteiger partial charge in [-0.2, -0.15) is 0 Å². The van der Waals surface area contributed by atoms with Gasteiger partial charge in [-0.15, -0.1) is 0 Å². The molecule has 0 aliphatic heterocycles. The van der Waals surface area contributed by atoms with Crippen LogP contribution in [0.3, 0.4) is 0 Å². The number of fused-ring (bicyclic) bond motifs is 4. The Morgan fingerprint density at radius 2 is 0.855 bits per heavy atom. The van der Waals surface area contributed by atoms with Crippen LogP contribution in [0.1, 0.15) is 43.2 Å². The molecule has 0 unspecified atom stereocenters. The summed E-state index contributed by atoms with van der Waals surface area (Å²) in [7, 11) is 0. The molecule has 0 radical (unpaired) electrons. The number of benzene rings is 8. The fourth-order valence-electron chi connectivity index (χ4n) is 12.9. The van der Waals surface area contributed by atoms with Crippen LogP contribution in [-0.2, 0) is 5.41 Å². The van der Waals surface area contributed by atoms with Crippen molar-refractivity contribution in [3.05, 3.63) is 205 Å². The summed E-state index contributed by atoms with van der Waals surface area (Å²) in [6, 6.07) is 71.3. The molecule has 4 saturated carbocycles. The van der Waals surface area contributed by atoms with Crippen LogP contribution in [0.4, 0.5) is 0 Å². The summed E-state index contributed by atoms with van der Waals surface area (Å²) in [4.78, 5) is 10.4. The van der Waals surface area contributed by atoms with E-state index in [0.717, 1.165) is 63.1 Å². The predicted molar refractivity (Wildman–Crippen MR) is 255 cm³/mol. The van der Waals surface area contributed by atoms with E-state index >= 15 is 0 Å². The monoisotopic (exact) mass is 794 g/mol. The van der Waals surface area contributed by atoms with E-state index in [4.69, 9.17) is 9.97 Å². The highest BCUT2D eigenvalue weighted by Gasteiger charge is 2.61. The van der Waals surface area contributed by atoms with Gasteiger partial charge in [0.05, 0.1) is 11.4 Å². The van der Waals surface area contributed by atoms with Crippen molar-refractivity contribution in [1.82, 2.24) is 9.97 Å². The average Bonchev–Trinajstić information content (AvgIpc) is 3.62. The van der Waals surface area contributed by atoms with E-state index in [-0.39, 0.29) is 5.41 Å². The molecule has 0 amide bonds. The standard InChI is InChI=1S/C60H46N2/c1-3-12-40(13-4-1)41-22-28-44(29-23-41)56-37-57(62-59(61-56)45-14-5-2-6-15-45)52-19-10-9-18-50(52)42-24-26-43(27-25-42)51-20-11-21-54-58(51)53-35-46-16-7-8-17-47(46)36-55(53)60(54)48-31-38-30-39(33-48)34-49(60)32-38/h1-29,35-39,48-49H,30-34H2. The van der Waals surface area contributed by atoms with Crippen LogP contribution in [0.5, 0.6) is 0 Å². The summed E-state index contributed by atoms with van der Waals surface area (Å²) >= 11 is 0. The molecule has 5 aliphatic rings. The van der Waals surface area contributed by atoms with Crippen molar-refractivity contribution in [3.8, 4) is 78.4 Å². The first kappa shape index (κ1) is 35.8. The zero-order valence-electron chi connectivity index (χ0n) is 34.7. The lowest BCUT2D eigenvalue weighted by molar-refractivity contribution is -0.0398. The maximum Gasteiger partial charge on any atom is 0.160 e. The van der Waals surface area contributed by atoms with Crippen molar-refractivity contribution < 1.29 is 0 Å². The van der Waals surface area contributed by atoms with Crippen molar-refractivity contribution in [1.29, 1.82) is 0 Å². The highest BCUT2D eigenvalue weighted by atomic mass is 14.9. The van der Waals surface area contributed by atoms with E-state index in [1.165, 1.54) is 81.8 Å². The lowest BCUT2D eigenvalue weighted by atomic mass is 9.43. The van der Waals surface area contributed by atoms with E-state index in [9.17, 15) is 0 Å². The maximum atomic E-state index is 5.26. The summed E-state index contributed by atoms with van der Waals surface area (Å²) in [5.74, 6) is 4.01. The first-order chi connectivity index (χ1) is 30.7. The van der Waals surface area contributed by atoms with Crippen LogP contribution in [0.2, 0.25) is 0 Å². The lowest BCUT2D eigenvalue weighted by Crippen LogP contribution is -2.55. The SMILES string of the molecule is c1ccc(-c2ccc(-c3cc(-c4ccccc4-c4ccc(-c5cccc6c5-c5cc7ccccc7cc5C65C6CC7CC(C6)CC5C7)cc4)nc(-c4ccccc4)n3)cc2)cc1. The average molecular weight is 795 g/mol. The Hall–Kier alpha value is -6.90. The highest BCUT2D eigenvalue weighted by Crippen LogP contribution is 2.70. The lowest BCUT2D eigenvalue weighted by Gasteiger charge is -2.61. The van der Waals surface area contributed by atoms with Crippen molar-refractivity contribution >= 4 is 10.8 Å². The molecule has 4 bridgehead atoms. The molecule has 8 aromatic carbocycles. The number of rotatable bonds is 6. The second-order valence-corrected chi connectivity index (χ2v) is 18.5. The minimum absolute atomic E-state index is 0.121. The molecule has 0 N–H and O–H groups in total. The smallest absolute Gasteiger partial charge is 0.160 e. The van der Waals surface area contributed by atoms with Crippen LogP contribution in [0.15, 0.2) is 194 Å². The summed E-state index contributed by atoms with van der Waals surface area (Å²) < 4.78 is 0. The molecule has 1 spiro atoms. The highest BCUT2D eigenvalue weighted by molar-refractivity contribution is 5.99. The van der Waals surface area contributed by atoms with Gasteiger partial charge in [0.2, 0.25) is 0 Å². The normalized spacial score (nSPS) is 21.6. The molecule has 0 saturated heterocycles. The fourth-order valence-corrected chi connectivity index (χ4v) is 12.9. The fraction of sp³-hybridized carbons (Fsp3) is 0.167. The molecule has 14 rings (SSSR count). The van der Waals surface area contributed by atoms with Crippen LogP contribution >= 0.6 is 0 Å². The molecular weight excluding hydrogens is 749 g/mol. The van der Waals surface area contributed by atoms with Crippen LogP contribution < -0.4 is 0 Å². The van der Waals surface area contributed by atoms with Gasteiger partial charge in [-0.25, -0.2) is 9.97 Å². The van der Waals surface area contributed by atoms with E-state index in [1.807, 2.05) is 6.07 Å². The Kier molecular flexibility index (Phi) is 8.13. The largest absolute Gasteiger partial charge is 0.228 e. The molecule has 4 fully saturated rings. The quantitative estimate of drug-likeness (QED) is 0.168. The second kappa shape index (κ2) is 14.1. The molecular formula is C60H46N2. The molecule has 9 aromatic rings. The predicted octanol–water partition coefficient (Wildman–Crippen LogP) is 15.4. The van der Waals surface area contributed by atoms with E-state index in [1.54, 1.807) is 11.1 Å². The van der Waals surface area contributed by atoms with Gasteiger partial charge >= 0.3 is 0 Å². The van der Waals surface area contributed by atoms with Crippen LogP contribution in [0.25, 0.3) is 89.2 Å². The summed E-state index contributed by atoms with van der Waals surface area (Å²) in [6.07, 6.45) is 7.01. The zero-order chi connectivity index (χ0) is 40.8. The van der Waals surface area contributed by atoms with Crippen molar-refractivity contribution in [2.24, 2.45) is 23.7 Å². The minimum atomic E-state index is 0.121. The van der Waals surface area contributed by atoms with E-state index in [2.05, 4.69) is 188 Å². The van der Waals surface area contributed by atoms with E-state index < -0.39 is 0 Å². The van der Waals surface area contributed by atoms with Gasteiger partial charge in [-0.05, 0) is 140 Å². The maximum absolute atomic E-state index is 5.26. The third kappa shape index (κ3) is 5.55. The van der Waals surface area contributed by atoms with Gasteiger partial charge in [-0.3, -0.25) is 0 Å². The van der Waals surface area contributed by atoms with Crippen molar-refractivity contribution in [2.45, 2.75) is 37.5 Å². The second-order valence-electron chi connectivity index (χ2n) is 18.5. The molecule has 296 valence electrons. The van der Waals surface area contributed by atoms with Crippen LogP contribution in [-0.4, -0.2) is 9.97 Å². The Balaban J connectivity index is 0.911. The Labute approximate surface area is 364 Å². The van der Waals surface area contributed by atoms with Gasteiger partial charge in [0.1, 0.15) is 0 Å². The molecule has 1 heterocycles. The minimum Gasteiger partial charge on any atom is -0.228 e. The first-order valence-corrected chi connectivity index (χ1v) is 22.6. The number of hydrogen-bond acceptors (Lipinski definition) is 2. The molecule has 62 heavy (non-hydrogen) atoms. The molecule has 2 nitrogen and oxygen atoms in total. The number of aromatic nitrogens is 2. The Morgan fingerprint density at radius 1 is 0.339 bits per heavy atom. The number of nitrogens with zero attached hydrogens (tertiary/aromatic N) is 2. The molecule has 5 aliphatic carbocycles. The van der Waals surface area contributed by atoms with Crippen molar-refractivity contribution in [3.63, 3.8) is 0 Å². The van der Waals surface area contributed by atoms with Gasteiger partial charge in [-0.1, -0.05) is 176 Å². The van der Waals surface area contributed by atoms with Gasteiger partial charge in [0, 0.05) is 22.1 Å². The molecule has 2 heteroatoms. The third-order valence-electron chi connectivity index (χ3n) is 15.3. The summed E-state index contributed by atoms with van der Waals surface area (Å²) in [5, 5.41) is 2.72. The first-order valence-electron chi connectivity index (χ1n) is 22.6. The van der Waals surface area contributed by atoms with Crippen LogP contribution in [0, 0.1) is 23.7 Å². The van der Waals surface area contributed by atoms with Gasteiger partial charge < -0.3 is 0 Å². The van der Waals surface area contributed by atoms with Crippen molar-refractivity contribution in [2.75, 3.05) is 0 Å². The molecule has 1 aromatic heterocycles. The summed E-state index contributed by atoms with van der Waals surface area (Å²) in [5.41, 5.74) is 18.6. The number of hydrogen-bond donors (Lipinski definition) is 0. The topological polar surface area (TPSA) is 25.8 Å². The molecule has 0 atom stereocenters. The van der Waals surface area contributed by atoms with E-state index in [0.29, 0.717) is 0 Å². The Morgan fingerprint density at radius 3 is 1.55 bits per heavy atom. The summed E-state index contributed by atoms with van der Waals surface area (Å²) in [6.45, 7) is 0. The Bertz CT molecular complexity index is 3140. The third-order valence-corrected chi connectivity index (χ3v) is 15.3. The zero-order valence-corrected chi connectivity index (χ0v) is 34.7. The van der Waals surface area contributed by atoms with Gasteiger partial charge in [0.25, 0.3) is 0 Å². The van der Waals surface area contributed by atoms with Gasteiger partial charge in [0.15, 0.2) is 5.82 Å².